The van der Waals surface area contributed by atoms with Crippen molar-refractivity contribution in [1.82, 2.24) is 24.6 Å². The van der Waals surface area contributed by atoms with E-state index in [0.29, 0.717) is 29.3 Å². The van der Waals surface area contributed by atoms with Crippen LogP contribution < -0.4 is 0 Å². The van der Waals surface area contributed by atoms with Crippen LogP contribution in [0.3, 0.4) is 0 Å². The fourth-order valence-corrected chi connectivity index (χ4v) is 6.90. The van der Waals surface area contributed by atoms with Crippen LogP contribution in [0.15, 0.2) is 42.7 Å². The summed E-state index contributed by atoms with van der Waals surface area (Å²) in [5.41, 5.74) is 4.98. The van der Waals surface area contributed by atoms with Gasteiger partial charge in [0.1, 0.15) is 12.2 Å². The molecule has 3 heterocycles. The molecule has 1 aliphatic heterocycles. The molecule has 4 aromatic rings. The van der Waals surface area contributed by atoms with Gasteiger partial charge in [-0.3, -0.25) is 4.90 Å². The normalized spacial score (nSPS) is 23.9. The molecule has 2 aromatic carbocycles. The molecule has 0 spiro atoms. The molecule has 0 unspecified atom stereocenters. The lowest BCUT2D eigenvalue weighted by molar-refractivity contribution is 0.172. The lowest BCUT2D eigenvalue weighted by Gasteiger charge is -2.46. The van der Waals surface area contributed by atoms with Crippen molar-refractivity contribution < 1.29 is 4.39 Å². The van der Waals surface area contributed by atoms with Crippen molar-refractivity contribution in [2.24, 2.45) is 18.9 Å². The maximum absolute atomic E-state index is 16.1. The number of fused-ring (bicyclic) bond motifs is 1. The third kappa shape index (κ3) is 4.21. The van der Waals surface area contributed by atoms with Crippen LogP contribution in [-0.4, -0.2) is 37.7 Å². The number of nitriles is 1. The molecule has 0 amide bonds. The number of hydrogen-bond donors (Lipinski definition) is 1. The summed E-state index contributed by atoms with van der Waals surface area (Å²) in [7, 11) is 1.96. The minimum atomic E-state index is -0.316. The van der Waals surface area contributed by atoms with Crippen LogP contribution in [0.4, 0.5) is 4.39 Å². The standard InChI is InChI=1S/C31H35FN6/c1-20-6-5-11-38(17-20)18-25-14-26-21(2)12-27(28(32)29(26)35-25)23-7-4-8-24(13-23)31(15-22(16-31)9-10-33)30-36-34-19-37(30)3/h4,7-8,12-14,19-20,22,35H,5-6,9,11,15-18H2,1-3H3/t20-,22?,31?/m0/s1. The van der Waals surface area contributed by atoms with Crippen molar-refractivity contribution >= 4 is 10.9 Å². The second kappa shape index (κ2) is 9.67. The molecule has 196 valence electrons. The Morgan fingerprint density at radius 1 is 1.24 bits per heavy atom. The molecule has 1 saturated carbocycles. The van der Waals surface area contributed by atoms with Gasteiger partial charge in [0.05, 0.1) is 17.0 Å². The second-order valence-electron chi connectivity index (χ2n) is 11.7. The van der Waals surface area contributed by atoms with E-state index in [4.69, 9.17) is 0 Å². The largest absolute Gasteiger partial charge is 0.355 e. The Balaban J connectivity index is 1.36. The Morgan fingerprint density at radius 3 is 2.82 bits per heavy atom. The van der Waals surface area contributed by atoms with Crippen molar-refractivity contribution in [3.05, 3.63) is 71.2 Å². The summed E-state index contributed by atoms with van der Waals surface area (Å²) in [6.45, 7) is 7.39. The number of hydrogen-bond acceptors (Lipinski definition) is 4. The van der Waals surface area contributed by atoms with Gasteiger partial charge in [-0.15, -0.1) is 10.2 Å². The maximum Gasteiger partial charge on any atom is 0.155 e. The van der Waals surface area contributed by atoms with Crippen molar-refractivity contribution in [1.29, 1.82) is 5.26 Å². The minimum absolute atomic E-state index is 0.204. The van der Waals surface area contributed by atoms with Crippen molar-refractivity contribution in [2.45, 2.75) is 57.9 Å². The molecule has 1 saturated heterocycles. The first kappa shape index (κ1) is 24.8. The Hall–Kier alpha value is -3.50. The van der Waals surface area contributed by atoms with Crippen LogP contribution in [0.1, 0.15) is 61.7 Å². The number of aromatic amines is 1. The van der Waals surface area contributed by atoms with E-state index in [9.17, 15) is 5.26 Å². The molecule has 6 nitrogen and oxygen atoms in total. The highest BCUT2D eigenvalue weighted by Crippen LogP contribution is 2.53. The summed E-state index contributed by atoms with van der Waals surface area (Å²) in [6.07, 6.45) is 6.45. The highest BCUT2D eigenvalue weighted by atomic mass is 19.1. The van der Waals surface area contributed by atoms with Gasteiger partial charge in [0, 0.05) is 43.2 Å². The third-order valence-electron chi connectivity index (χ3n) is 8.77. The number of likely N-dealkylation sites (tertiary alicyclic amines) is 1. The number of nitrogens with one attached hydrogen (secondary N) is 1. The number of aryl methyl sites for hydroxylation is 2. The zero-order valence-electron chi connectivity index (χ0n) is 22.5. The summed E-state index contributed by atoms with van der Waals surface area (Å²) >= 11 is 0. The average Bonchev–Trinajstić information content (AvgIpc) is 3.50. The van der Waals surface area contributed by atoms with E-state index in [2.05, 4.69) is 58.2 Å². The van der Waals surface area contributed by atoms with Gasteiger partial charge in [0.15, 0.2) is 5.82 Å². The van der Waals surface area contributed by atoms with E-state index in [1.807, 2.05) is 29.8 Å². The molecular weight excluding hydrogens is 475 g/mol. The molecule has 7 heteroatoms. The molecule has 1 atom stereocenters. The quantitative estimate of drug-likeness (QED) is 0.333. The number of H-pyrrole nitrogens is 1. The Kier molecular flexibility index (Phi) is 6.31. The molecular formula is C31H35FN6. The number of halogens is 1. The van der Waals surface area contributed by atoms with Gasteiger partial charge >= 0.3 is 0 Å². The zero-order valence-corrected chi connectivity index (χ0v) is 22.5. The van der Waals surface area contributed by atoms with Crippen LogP contribution in [0, 0.1) is 35.9 Å². The van der Waals surface area contributed by atoms with Gasteiger partial charge in [0.25, 0.3) is 0 Å². The van der Waals surface area contributed by atoms with Crippen LogP contribution in [0.25, 0.3) is 22.0 Å². The molecule has 2 aromatic heterocycles. The first-order chi connectivity index (χ1) is 18.4. The lowest BCUT2D eigenvalue weighted by Crippen LogP contribution is -2.44. The topological polar surface area (TPSA) is 73.5 Å². The first-order valence-electron chi connectivity index (χ1n) is 13.7. The SMILES string of the molecule is Cc1cc(-c2cccc(C3(c4nncn4C)CC(CC#N)C3)c2)c(F)c2[nH]c(CN3CCC[C@H](C)C3)cc12. The van der Waals surface area contributed by atoms with Crippen molar-refractivity contribution in [2.75, 3.05) is 13.1 Å². The Labute approximate surface area is 223 Å². The molecule has 2 fully saturated rings. The number of benzene rings is 2. The molecule has 1 aliphatic carbocycles. The highest BCUT2D eigenvalue weighted by Gasteiger charge is 2.49. The highest BCUT2D eigenvalue weighted by molar-refractivity contribution is 5.89. The summed E-state index contributed by atoms with van der Waals surface area (Å²) < 4.78 is 18.1. The predicted octanol–water partition coefficient (Wildman–Crippen LogP) is 6.25. The van der Waals surface area contributed by atoms with E-state index in [-0.39, 0.29) is 11.2 Å². The molecule has 38 heavy (non-hydrogen) atoms. The van der Waals surface area contributed by atoms with E-state index in [0.717, 1.165) is 66.1 Å². The van der Waals surface area contributed by atoms with E-state index < -0.39 is 0 Å². The van der Waals surface area contributed by atoms with Gasteiger partial charge in [-0.05, 0) is 79.8 Å². The van der Waals surface area contributed by atoms with Gasteiger partial charge in [0.2, 0.25) is 0 Å². The van der Waals surface area contributed by atoms with Gasteiger partial charge in [-0.1, -0.05) is 31.2 Å². The Bertz CT molecular complexity index is 1520. The predicted molar refractivity (Wildman–Crippen MR) is 147 cm³/mol. The summed E-state index contributed by atoms with van der Waals surface area (Å²) in [5.74, 6) is 1.73. The summed E-state index contributed by atoms with van der Waals surface area (Å²) in [6, 6.07) is 14.6. The second-order valence-corrected chi connectivity index (χ2v) is 11.7. The molecule has 1 N–H and O–H groups in total. The molecule has 2 aliphatic rings. The van der Waals surface area contributed by atoms with Crippen molar-refractivity contribution in [3.63, 3.8) is 0 Å². The van der Waals surface area contributed by atoms with Crippen molar-refractivity contribution in [3.8, 4) is 17.2 Å². The lowest BCUT2D eigenvalue weighted by atomic mass is 9.57. The van der Waals surface area contributed by atoms with Gasteiger partial charge in [-0.25, -0.2) is 4.39 Å². The van der Waals surface area contributed by atoms with E-state index in [1.165, 1.54) is 12.8 Å². The van der Waals surface area contributed by atoms with E-state index in [1.54, 1.807) is 6.33 Å². The van der Waals surface area contributed by atoms with E-state index >= 15 is 4.39 Å². The minimum Gasteiger partial charge on any atom is -0.355 e. The fraction of sp³-hybridized carbons (Fsp3) is 0.452. The molecule has 0 bridgehead atoms. The van der Waals surface area contributed by atoms with Crippen LogP contribution in [-0.2, 0) is 19.0 Å². The smallest absolute Gasteiger partial charge is 0.155 e. The molecule has 0 radical (unpaired) electrons. The number of piperidine rings is 1. The monoisotopic (exact) mass is 510 g/mol. The number of rotatable bonds is 6. The number of nitrogens with zero attached hydrogens (tertiary/aromatic N) is 5. The summed E-state index contributed by atoms with van der Waals surface area (Å²) in [4.78, 5) is 5.90. The van der Waals surface area contributed by atoms with Crippen LogP contribution >= 0.6 is 0 Å². The molecule has 6 rings (SSSR count). The third-order valence-corrected chi connectivity index (χ3v) is 8.77. The van der Waals surface area contributed by atoms with Gasteiger partial charge < -0.3 is 9.55 Å². The van der Waals surface area contributed by atoms with Crippen LogP contribution in [0.2, 0.25) is 0 Å². The summed E-state index contributed by atoms with van der Waals surface area (Å²) in [5, 5.41) is 18.8. The fourth-order valence-electron chi connectivity index (χ4n) is 6.90. The van der Waals surface area contributed by atoms with Gasteiger partial charge in [-0.2, -0.15) is 5.26 Å². The van der Waals surface area contributed by atoms with Crippen LogP contribution in [0.5, 0.6) is 0 Å². The number of aromatic nitrogens is 4. The first-order valence-corrected chi connectivity index (χ1v) is 13.7. The zero-order chi connectivity index (χ0) is 26.4. The Morgan fingerprint density at radius 2 is 2.08 bits per heavy atom. The average molecular weight is 511 g/mol. The maximum atomic E-state index is 16.1.